The zero-order valence-corrected chi connectivity index (χ0v) is 25.7. The molecule has 226 valence electrons. The van der Waals surface area contributed by atoms with Crippen molar-refractivity contribution < 1.29 is 19.4 Å². The Morgan fingerprint density at radius 2 is 0.897 bits per heavy atom. The van der Waals surface area contributed by atoms with Crippen LogP contribution in [-0.4, -0.2) is 17.0 Å². The van der Waals surface area contributed by atoms with Crippen LogP contribution in [0.1, 0.15) is 174 Å². The van der Waals surface area contributed by atoms with Crippen LogP contribution in [0.3, 0.4) is 0 Å². The molecule has 0 heterocycles. The Morgan fingerprint density at radius 1 is 0.538 bits per heavy atom. The van der Waals surface area contributed by atoms with Gasteiger partial charge in [0.25, 0.3) is 0 Å². The number of unbranched alkanes of at least 4 members (excludes halogenated alkanes) is 20. The summed E-state index contributed by atoms with van der Waals surface area (Å²) in [6, 6.07) is 9.86. The number of carboxylic acid groups (broad SMARTS) is 1. The first kappa shape index (κ1) is 37.2. The normalized spacial score (nSPS) is 10.6. The summed E-state index contributed by atoms with van der Waals surface area (Å²) >= 11 is 0. The molecule has 0 aliphatic rings. The number of hydrogen-bond donors (Lipinski definition) is 1. The Balaban J connectivity index is 0.000000794. The number of benzene rings is 1. The maximum Gasteiger partial charge on any atom is 0.306 e. The highest BCUT2D eigenvalue weighted by Gasteiger charge is 2.03. The molecule has 0 unspecified atom stereocenters. The highest BCUT2D eigenvalue weighted by atomic mass is 16.5. The van der Waals surface area contributed by atoms with Crippen LogP contribution in [0.15, 0.2) is 30.3 Å². The van der Waals surface area contributed by atoms with Crippen molar-refractivity contribution in [1.82, 2.24) is 0 Å². The fraction of sp³-hybridized carbons (Fsp3) is 0.771. The van der Waals surface area contributed by atoms with Crippen molar-refractivity contribution in [2.45, 2.75) is 175 Å². The molecule has 0 spiro atoms. The van der Waals surface area contributed by atoms with Gasteiger partial charge in [-0.15, -0.1) is 0 Å². The summed E-state index contributed by atoms with van der Waals surface area (Å²) < 4.78 is 5.28. The van der Waals surface area contributed by atoms with Crippen molar-refractivity contribution in [3.8, 4) is 0 Å². The number of ether oxygens (including phenoxy) is 1. The Bertz CT molecular complexity index is 643. The van der Waals surface area contributed by atoms with Gasteiger partial charge in [0, 0.05) is 12.8 Å². The third-order valence-corrected chi connectivity index (χ3v) is 7.22. The van der Waals surface area contributed by atoms with E-state index in [0.717, 1.165) is 31.2 Å². The smallest absolute Gasteiger partial charge is 0.306 e. The molecule has 0 aliphatic heterocycles. The van der Waals surface area contributed by atoms with E-state index in [1.54, 1.807) is 0 Å². The van der Waals surface area contributed by atoms with Crippen LogP contribution >= 0.6 is 0 Å². The molecule has 1 aromatic rings. The monoisotopic (exact) mass is 546 g/mol. The molecule has 1 N–H and O–H groups in total. The maximum atomic E-state index is 11.7. The fourth-order valence-corrected chi connectivity index (χ4v) is 4.68. The highest BCUT2D eigenvalue weighted by Crippen LogP contribution is 2.13. The van der Waals surface area contributed by atoms with Gasteiger partial charge in [-0.25, -0.2) is 0 Å². The average molecular weight is 547 g/mol. The van der Waals surface area contributed by atoms with Crippen LogP contribution < -0.4 is 0 Å². The second kappa shape index (κ2) is 30.7. The van der Waals surface area contributed by atoms with E-state index >= 15 is 0 Å². The van der Waals surface area contributed by atoms with E-state index in [9.17, 15) is 9.59 Å². The summed E-state index contributed by atoms with van der Waals surface area (Å²) in [5.41, 5.74) is 1.06. The number of carbonyl (C=O) groups excluding carboxylic acids is 1. The van der Waals surface area contributed by atoms with Crippen LogP contribution in [-0.2, 0) is 20.9 Å². The lowest BCUT2D eigenvalue weighted by atomic mass is 10.1. The summed E-state index contributed by atoms with van der Waals surface area (Å²) in [6.07, 6.45) is 29.2. The van der Waals surface area contributed by atoms with Crippen LogP contribution in [0.4, 0.5) is 0 Å². The molecule has 0 aromatic heterocycles. The van der Waals surface area contributed by atoms with Crippen LogP contribution in [0, 0.1) is 0 Å². The molecule has 4 heteroatoms. The van der Waals surface area contributed by atoms with E-state index in [2.05, 4.69) is 13.8 Å². The summed E-state index contributed by atoms with van der Waals surface area (Å²) in [5.74, 6) is -0.722. The number of aliphatic carboxylic acids is 1. The first-order valence-corrected chi connectivity index (χ1v) is 16.5. The van der Waals surface area contributed by atoms with E-state index < -0.39 is 5.97 Å². The molecule has 0 bridgehead atoms. The number of carbonyl (C=O) groups is 2. The van der Waals surface area contributed by atoms with Crippen molar-refractivity contribution in [2.75, 3.05) is 0 Å². The minimum absolute atomic E-state index is 0.0650. The minimum atomic E-state index is -0.657. The zero-order valence-electron chi connectivity index (χ0n) is 25.7. The van der Waals surface area contributed by atoms with E-state index in [1.807, 2.05) is 30.3 Å². The molecular formula is C35H62O4. The number of carboxylic acids is 1. The lowest BCUT2D eigenvalue weighted by molar-refractivity contribution is -0.145. The fourth-order valence-electron chi connectivity index (χ4n) is 4.68. The SMILES string of the molecule is CCCCCCCCCCCCCC(=O)O.CCCCCCCCCCCCCC(=O)OCc1ccccc1. The zero-order chi connectivity index (χ0) is 28.7. The largest absolute Gasteiger partial charge is 0.481 e. The first-order chi connectivity index (χ1) is 19.1. The number of esters is 1. The van der Waals surface area contributed by atoms with Gasteiger partial charge in [-0.1, -0.05) is 173 Å². The van der Waals surface area contributed by atoms with E-state index in [4.69, 9.17) is 9.84 Å². The molecule has 4 nitrogen and oxygen atoms in total. The number of hydrogen-bond acceptors (Lipinski definition) is 3. The Hall–Kier alpha value is -1.84. The van der Waals surface area contributed by atoms with E-state index in [0.29, 0.717) is 19.4 Å². The molecule has 0 radical (unpaired) electrons. The van der Waals surface area contributed by atoms with Crippen LogP contribution in [0.25, 0.3) is 0 Å². The topological polar surface area (TPSA) is 63.6 Å². The van der Waals surface area contributed by atoms with Gasteiger partial charge in [0.2, 0.25) is 0 Å². The lowest BCUT2D eigenvalue weighted by Crippen LogP contribution is -2.04. The quantitative estimate of drug-likeness (QED) is 0.0927. The second-order valence-electron chi connectivity index (χ2n) is 11.1. The minimum Gasteiger partial charge on any atom is -0.481 e. The lowest BCUT2D eigenvalue weighted by Gasteiger charge is -2.05. The molecule has 0 fully saturated rings. The van der Waals surface area contributed by atoms with Gasteiger partial charge in [-0.3, -0.25) is 9.59 Å². The van der Waals surface area contributed by atoms with Crippen molar-refractivity contribution in [3.05, 3.63) is 35.9 Å². The summed E-state index contributed by atoms with van der Waals surface area (Å²) in [4.78, 5) is 21.9. The molecule has 1 rings (SSSR count). The molecular weight excluding hydrogens is 484 g/mol. The van der Waals surface area contributed by atoms with Crippen molar-refractivity contribution >= 4 is 11.9 Å². The Morgan fingerprint density at radius 3 is 1.28 bits per heavy atom. The summed E-state index contributed by atoms with van der Waals surface area (Å²) in [5, 5.41) is 8.46. The van der Waals surface area contributed by atoms with E-state index in [-0.39, 0.29) is 5.97 Å². The molecule has 39 heavy (non-hydrogen) atoms. The van der Waals surface area contributed by atoms with Crippen LogP contribution in [0.2, 0.25) is 0 Å². The maximum absolute atomic E-state index is 11.7. The highest BCUT2D eigenvalue weighted by molar-refractivity contribution is 5.69. The van der Waals surface area contributed by atoms with Crippen molar-refractivity contribution in [3.63, 3.8) is 0 Å². The van der Waals surface area contributed by atoms with Gasteiger partial charge in [-0.2, -0.15) is 0 Å². The molecule has 1 aromatic carbocycles. The third-order valence-electron chi connectivity index (χ3n) is 7.22. The third kappa shape index (κ3) is 30.6. The number of rotatable bonds is 26. The van der Waals surface area contributed by atoms with Crippen molar-refractivity contribution in [1.29, 1.82) is 0 Å². The Kier molecular flexibility index (Phi) is 29.2. The molecule has 0 amide bonds. The van der Waals surface area contributed by atoms with Gasteiger partial charge in [0.1, 0.15) is 6.61 Å². The molecule has 0 saturated carbocycles. The van der Waals surface area contributed by atoms with Gasteiger partial charge in [0.05, 0.1) is 0 Å². The van der Waals surface area contributed by atoms with Gasteiger partial charge in [-0.05, 0) is 18.4 Å². The summed E-state index contributed by atoms with van der Waals surface area (Å²) in [7, 11) is 0. The molecule has 0 saturated heterocycles. The van der Waals surface area contributed by atoms with E-state index in [1.165, 1.54) is 116 Å². The first-order valence-electron chi connectivity index (χ1n) is 16.5. The van der Waals surface area contributed by atoms with Gasteiger partial charge < -0.3 is 9.84 Å². The predicted molar refractivity (Wildman–Crippen MR) is 166 cm³/mol. The van der Waals surface area contributed by atoms with Crippen LogP contribution in [0.5, 0.6) is 0 Å². The molecule has 0 aliphatic carbocycles. The second-order valence-corrected chi connectivity index (χ2v) is 11.1. The predicted octanol–water partition coefficient (Wildman–Crippen LogP) is 11.2. The average Bonchev–Trinajstić information content (AvgIpc) is 2.94. The van der Waals surface area contributed by atoms with Gasteiger partial charge >= 0.3 is 11.9 Å². The Labute approximate surface area is 241 Å². The molecule has 0 atom stereocenters. The summed E-state index contributed by atoms with van der Waals surface area (Å²) in [6.45, 7) is 4.91. The van der Waals surface area contributed by atoms with Crippen molar-refractivity contribution in [2.24, 2.45) is 0 Å². The standard InChI is InChI=1S/C21H34O2.C14H28O2/c1-2-3-4-5-6-7-8-9-10-11-15-18-21(22)23-19-20-16-13-12-14-17-20;1-2-3-4-5-6-7-8-9-10-11-12-13-14(15)16/h12-14,16-17H,2-11,15,18-19H2,1H3;2-13H2,1H3,(H,15,16). The van der Waals surface area contributed by atoms with Gasteiger partial charge in [0.15, 0.2) is 0 Å².